The highest BCUT2D eigenvalue weighted by Crippen LogP contribution is 2.24. The van der Waals surface area contributed by atoms with Gasteiger partial charge in [0.15, 0.2) is 0 Å². The molecule has 21 heavy (non-hydrogen) atoms. The second-order valence-corrected chi connectivity index (χ2v) is 6.54. The van der Waals surface area contributed by atoms with Gasteiger partial charge < -0.3 is 10.6 Å². The summed E-state index contributed by atoms with van der Waals surface area (Å²) >= 11 is 0. The van der Waals surface area contributed by atoms with Gasteiger partial charge in [-0.2, -0.15) is 0 Å². The average molecular weight is 296 g/mol. The summed E-state index contributed by atoms with van der Waals surface area (Å²) in [7, 11) is 0. The molecule has 1 rings (SSSR count). The van der Waals surface area contributed by atoms with Crippen molar-refractivity contribution in [1.29, 1.82) is 0 Å². The Bertz CT molecular complexity index is 262. The Morgan fingerprint density at radius 2 is 1.62 bits per heavy atom. The van der Waals surface area contributed by atoms with Crippen molar-refractivity contribution in [2.24, 2.45) is 5.73 Å². The molecule has 0 heterocycles. The van der Waals surface area contributed by atoms with E-state index in [2.05, 4.69) is 11.8 Å². The Hall–Kier alpha value is -0.570. The molecule has 0 aromatic heterocycles. The van der Waals surface area contributed by atoms with E-state index in [0.717, 1.165) is 25.8 Å². The molecule has 1 saturated carbocycles. The molecule has 3 heteroatoms. The van der Waals surface area contributed by atoms with E-state index >= 15 is 0 Å². The minimum atomic E-state index is 0.379. The van der Waals surface area contributed by atoms with Crippen LogP contribution in [-0.2, 0) is 4.79 Å². The van der Waals surface area contributed by atoms with Crippen LogP contribution < -0.4 is 5.73 Å². The van der Waals surface area contributed by atoms with E-state index in [1.165, 1.54) is 64.2 Å². The quantitative estimate of drug-likeness (QED) is 0.547. The van der Waals surface area contributed by atoms with Crippen molar-refractivity contribution in [1.82, 2.24) is 4.90 Å². The number of hydrogen-bond donors (Lipinski definition) is 1. The van der Waals surface area contributed by atoms with Crippen LogP contribution in [0.4, 0.5) is 0 Å². The van der Waals surface area contributed by atoms with Gasteiger partial charge in [-0.15, -0.1) is 0 Å². The molecule has 124 valence electrons. The minimum absolute atomic E-state index is 0.379. The van der Waals surface area contributed by atoms with E-state index in [0.29, 0.717) is 18.5 Å². The summed E-state index contributed by atoms with van der Waals surface area (Å²) < 4.78 is 0. The van der Waals surface area contributed by atoms with Crippen LogP contribution in [0.25, 0.3) is 0 Å². The molecule has 1 fully saturated rings. The van der Waals surface area contributed by atoms with Gasteiger partial charge in [-0.3, -0.25) is 4.79 Å². The van der Waals surface area contributed by atoms with Gasteiger partial charge in [-0.05, 0) is 32.2 Å². The van der Waals surface area contributed by atoms with Crippen LogP contribution in [0.2, 0.25) is 0 Å². The van der Waals surface area contributed by atoms with Gasteiger partial charge in [0.05, 0.1) is 0 Å². The first-order valence-corrected chi connectivity index (χ1v) is 9.29. The molecule has 1 aliphatic rings. The summed E-state index contributed by atoms with van der Waals surface area (Å²) in [5.74, 6) is 0.379. The summed E-state index contributed by atoms with van der Waals surface area (Å²) in [5, 5.41) is 0. The number of amides is 1. The molecule has 0 bridgehead atoms. The van der Waals surface area contributed by atoms with Crippen LogP contribution in [0.1, 0.15) is 90.4 Å². The van der Waals surface area contributed by atoms with E-state index in [1.807, 2.05) is 0 Å². The summed E-state index contributed by atoms with van der Waals surface area (Å²) in [6.45, 7) is 3.81. The molecular formula is C18H36N2O. The molecule has 1 amide bonds. The Balaban J connectivity index is 2.18. The molecule has 0 aromatic rings. The molecule has 0 unspecified atom stereocenters. The molecule has 3 nitrogen and oxygen atoms in total. The highest BCUT2D eigenvalue weighted by molar-refractivity contribution is 5.76. The number of nitrogens with zero attached hydrogens (tertiary/aromatic N) is 1. The van der Waals surface area contributed by atoms with Gasteiger partial charge >= 0.3 is 0 Å². The Labute approximate surface area is 131 Å². The van der Waals surface area contributed by atoms with Gasteiger partial charge in [0.1, 0.15) is 0 Å². The van der Waals surface area contributed by atoms with Crippen LogP contribution in [0.5, 0.6) is 0 Å². The highest BCUT2D eigenvalue weighted by atomic mass is 16.2. The van der Waals surface area contributed by atoms with E-state index in [9.17, 15) is 4.79 Å². The third-order valence-corrected chi connectivity index (χ3v) is 4.68. The first-order chi connectivity index (χ1) is 10.3. The maximum atomic E-state index is 12.5. The van der Waals surface area contributed by atoms with Crippen molar-refractivity contribution in [3.63, 3.8) is 0 Å². The summed E-state index contributed by atoms with van der Waals surface area (Å²) in [6, 6.07) is 0.508. The number of rotatable bonds is 12. The number of carbonyl (C=O) groups is 1. The van der Waals surface area contributed by atoms with Crippen molar-refractivity contribution >= 4 is 5.91 Å². The zero-order chi connectivity index (χ0) is 15.3. The lowest BCUT2D eigenvalue weighted by molar-refractivity contribution is -0.133. The van der Waals surface area contributed by atoms with Gasteiger partial charge in [-0.1, -0.05) is 58.3 Å². The van der Waals surface area contributed by atoms with Gasteiger partial charge in [0.25, 0.3) is 0 Å². The lowest BCUT2D eigenvalue weighted by atomic mass is 10.1. The third-order valence-electron chi connectivity index (χ3n) is 4.68. The normalized spacial score (nSPS) is 15.5. The van der Waals surface area contributed by atoms with E-state index in [4.69, 9.17) is 5.73 Å². The first-order valence-electron chi connectivity index (χ1n) is 9.29. The second-order valence-electron chi connectivity index (χ2n) is 6.54. The van der Waals surface area contributed by atoms with Crippen molar-refractivity contribution in [2.45, 2.75) is 96.4 Å². The molecule has 1 aliphatic carbocycles. The molecular weight excluding hydrogens is 260 g/mol. The molecule has 0 spiro atoms. The van der Waals surface area contributed by atoms with Crippen LogP contribution >= 0.6 is 0 Å². The van der Waals surface area contributed by atoms with Crippen LogP contribution in [0.3, 0.4) is 0 Å². The average Bonchev–Trinajstić information content (AvgIpc) is 3.01. The van der Waals surface area contributed by atoms with Gasteiger partial charge in [0.2, 0.25) is 5.91 Å². The lowest BCUT2D eigenvalue weighted by Gasteiger charge is -2.29. The molecule has 0 atom stereocenters. The predicted molar refractivity (Wildman–Crippen MR) is 90.3 cm³/mol. The fraction of sp³-hybridized carbons (Fsp3) is 0.944. The number of unbranched alkanes of at least 4 members (excludes halogenated alkanes) is 6. The Morgan fingerprint density at radius 1 is 1.00 bits per heavy atom. The van der Waals surface area contributed by atoms with Crippen molar-refractivity contribution in [2.75, 3.05) is 13.1 Å². The maximum Gasteiger partial charge on any atom is 0.222 e. The fourth-order valence-electron chi connectivity index (χ4n) is 3.37. The van der Waals surface area contributed by atoms with Gasteiger partial charge in [-0.25, -0.2) is 0 Å². The van der Waals surface area contributed by atoms with E-state index < -0.39 is 0 Å². The monoisotopic (exact) mass is 296 g/mol. The largest absolute Gasteiger partial charge is 0.340 e. The fourth-order valence-corrected chi connectivity index (χ4v) is 3.37. The Morgan fingerprint density at radius 3 is 2.24 bits per heavy atom. The lowest BCUT2D eigenvalue weighted by Crippen LogP contribution is -2.40. The molecule has 0 radical (unpaired) electrons. The number of hydrogen-bond acceptors (Lipinski definition) is 2. The SMILES string of the molecule is CCCCCCCCCC(=O)N(CCCN)C1CCCC1. The van der Waals surface area contributed by atoms with E-state index in [-0.39, 0.29) is 0 Å². The van der Waals surface area contributed by atoms with Gasteiger partial charge in [0, 0.05) is 19.0 Å². The van der Waals surface area contributed by atoms with Crippen molar-refractivity contribution in [3.05, 3.63) is 0 Å². The second kappa shape index (κ2) is 12.0. The molecule has 0 aliphatic heterocycles. The van der Waals surface area contributed by atoms with E-state index in [1.54, 1.807) is 0 Å². The summed E-state index contributed by atoms with van der Waals surface area (Å²) in [5.41, 5.74) is 5.62. The highest BCUT2D eigenvalue weighted by Gasteiger charge is 2.25. The molecule has 0 aromatic carbocycles. The predicted octanol–water partition coefficient (Wildman–Crippen LogP) is 4.25. The standard InChI is InChI=1S/C18H36N2O/c1-2-3-4-5-6-7-8-14-18(21)20(16-11-15-19)17-12-9-10-13-17/h17H,2-16,19H2,1H3. The third kappa shape index (κ3) is 7.85. The molecule has 2 N–H and O–H groups in total. The van der Waals surface area contributed by atoms with Crippen molar-refractivity contribution < 1.29 is 4.79 Å². The maximum absolute atomic E-state index is 12.5. The van der Waals surface area contributed by atoms with Crippen LogP contribution in [0.15, 0.2) is 0 Å². The zero-order valence-electron chi connectivity index (χ0n) is 14.1. The number of carbonyl (C=O) groups excluding carboxylic acids is 1. The summed E-state index contributed by atoms with van der Waals surface area (Å²) in [6.07, 6.45) is 15.6. The molecule has 0 saturated heterocycles. The topological polar surface area (TPSA) is 46.3 Å². The zero-order valence-corrected chi connectivity index (χ0v) is 14.1. The van der Waals surface area contributed by atoms with Crippen LogP contribution in [0, 0.1) is 0 Å². The minimum Gasteiger partial charge on any atom is -0.340 e. The smallest absolute Gasteiger partial charge is 0.222 e. The first kappa shape index (κ1) is 18.5. The Kier molecular flexibility index (Phi) is 10.6. The number of nitrogens with two attached hydrogens (primary N) is 1. The van der Waals surface area contributed by atoms with Crippen LogP contribution in [-0.4, -0.2) is 29.9 Å². The van der Waals surface area contributed by atoms with Crippen molar-refractivity contribution in [3.8, 4) is 0 Å². The summed E-state index contributed by atoms with van der Waals surface area (Å²) in [4.78, 5) is 14.6.